The van der Waals surface area contributed by atoms with Gasteiger partial charge in [0.2, 0.25) is 9.48 Å². The van der Waals surface area contributed by atoms with Gasteiger partial charge in [-0.25, -0.2) is 0 Å². The molecule has 0 fully saturated rings. The third-order valence-electron chi connectivity index (χ3n) is 6.27. The fraction of sp³-hybridized carbons (Fsp3) is 1.00. The highest BCUT2D eigenvalue weighted by Gasteiger charge is 2.38. The molecule has 0 N–H and O–H groups in total. The molecule has 0 saturated carbocycles. The topological polar surface area (TPSA) is 36.9 Å². The predicted octanol–water partition coefficient (Wildman–Crippen LogP) is 9.06. The molecular formula is C28H62O4S3Si2. The van der Waals surface area contributed by atoms with Crippen LogP contribution in [0, 0.1) is 0 Å². The van der Waals surface area contributed by atoms with Crippen molar-refractivity contribution in [2.45, 2.75) is 153 Å². The summed E-state index contributed by atoms with van der Waals surface area (Å²) in [7, 11) is 4.37. The average molecular weight is 615 g/mol. The van der Waals surface area contributed by atoms with Gasteiger partial charge in [0.25, 0.3) is 0 Å². The van der Waals surface area contributed by atoms with Crippen molar-refractivity contribution in [1.29, 1.82) is 0 Å². The molecule has 0 unspecified atom stereocenters. The van der Waals surface area contributed by atoms with Gasteiger partial charge in [0.1, 0.15) is 19.0 Å². The molecule has 4 nitrogen and oxygen atoms in total. The number of rotatable bonds is 30. The Morgan fingerprint density at radius 3 is 0.973 bits per heavy atom. The van der Waals surface area contributed by atoms with Gasteiger partial charge in [-0.2, -0.15) is 0 Å². The highest BCUT2D eigenvalue weighted by molar-refractivity contribution is 9.10. The molecule has 9 heteroatoms. The van der Waals surface area contributed by atoms with Crippen LogP contribution in [0.15, 0.2) is 0 Å². The molecule has 0 saturated heterocycles. The normalized spacial score (nSPS) is 13.1. The fourth-order valence-electron chi connectivity index (χ4n) is 3.78. The molecule has 0 radical (unpaired) electrons. The largest absolute Gasteiger partial charge is 0.345 e. The number of hydrogen-bond acceptors (Lipinski definition) is 7. The molecular weight excluding hydrogens is 553 g/mol. The van der Waals surface area contributed by atoms with Crippen molar-refractivity contribution < 1.29 is 18.9 Å². The molecule has 0 atom stereocenters. The Morgan fingerprint density at radius 1 is 0.432 bits per heavy atom. The highest BCUT2D eigenvalue weighted by Crippen LogP contribution is 2.51. The second kappa shape index (κ2) is 27.5. The molecule has 0 amide bonds. The van der Waals surface area contributed by atoms with Crippen LogP contribution in [0.3, 0.4) is 0 Å². The second-order valence-corrected chi connectivity index (χ2v) is 19.7. The summed E-state index contributed by atoms with van der Waals surface area (Å²) in [5.41, 5.74) is 0. The molecule has 0 bridgehead atoms. The summed E-state index contributed by atoms with van der Waals surface area (Å²) in [4.78, 5) is 0. The minimum atomic E-state index is -0.562. The Labute approximate surface area is 247 Å². The quantitative estimate of drug-likeness (QED) is 0.0346. The van der Waals surface area contributed by atoms with Gasteiger partial charge in [-0.15, -0.1) is 0 Å². The SMILES string of the molecule is CCCCCOC(OCCCCC)([SiH2]CCC)SSSC(OCCCCC)(OCCCCC)[SiH2]CCC. The first kappa shape index (κ1) is 38.3. The van der Waals surface area contributed by atoms with Crippen LogP contribution < -0.4 is 0 Å². The lowest BCUT2D eigenvalue weighted by molar-refractivity contribution is -0.118. The van der Waals surface area contributed by atoms with E-state index >= 15 is 0 Å². The van der Waals surface area contributed by atoms with Gasteiger partial charge in [-0.1, -0.05) is 118 Å². The van der Waals surface area contributed by atoms with E-state index in [0.29, 0.717) is 0 Å². The molecule has 0 aromatic carbocycles. The smallest absolute Gasteiger partial charge is 0.200 e. The Bertz CT molecular complexity index is 415. The second-order valence-electron chi connectivity index (χ2n) is 10.0. The van der Waals surface area contributed by atoms with E-state index in [0.717, 1.165) is 52.1 Å². The summed E-state index contributed by atoms with van der Waals surface area (Å²) in [6.45, 7) is 16.8. The van der Waals surface area contributed by atoms with E-state index in [2.05, 4.69) is 41.5 Å². The Kier molecular flexibility index (Phi) is 28.5. The van der Waals surface area contributed by atoms with Gasteiger partial charge in [0.15, 0.2) is 0 Å². The molecule has 37 heavy (non-hydrogen) atoms. The van der Waals surface area contributed by atoms with Crippen molar-refractivity contribution in [3.05, 3.63) is 0 Å². The molecule has 0 heterocycles. The van der Waals surface area contributed by atoms with E-state index in [9.17, 15) is 0 Å². The minimum absolute atomic E-state index is 0.447. The zero-order valence-electron chi connectivity index (χ0n) is 25.4. The monoisotopic (exact) mass is 614 g/mol. The molecule has 0 aliphatic rings. The molecule has 0 aromatic heterocycles. The van der Waals surface area contributed by atoms with Crippen molar-refractivity contribution in [3.8, 4) is 0 Å². The number of unbranched alkanes of at least 4 members (excludes halogenated alkanes) is 8. The fourth-order valence-corrected chi connectivity index (χ4v) is 16.4. The van der Waals surface area contributed by atoms with Crippen molar-refractivity contribution in [1.82, 2.24) is 0 Å². The van der Waals surface area contributed by atoms with Gasteiger partial charge in [-0.3, -0.25) is 0 Å². The maximum absolute atomic E-state index is 6.63. The van der Waals surface area contributed by atoms with E-state index < -0.39 is 28.5 Å². The Morgan fingerprint density at radius 2 is 0.730 bits per heavy atom. The number of ether oxygens (including phenoxy) is 4. The Hall–Kier alpha value is 1.32. The standard InChI is InChI=1S/C28H62O4S3Si2/c1-7-13-17-21-29-27(36-25-11-5,30-22-18-14-8-2)33-35-34-28(37-26-12-6,31-23-19-15-9-3)32-24-20-16-10-4/h7-26,36-37H2,1-6H3. The average Bonchev–Trinajstić information content (AvgIpc) is 2.91. The van der Waals surface area contributed by atoms with Crippen molar-refractivity contribution in [3.63, 3.8) is 0 Å². The Balaban J connectivity index is 5.49. The van der Waals surface area contributed by atoms with Crippen LogP contribution in [0.4, 0.5) is 0 Å². The van der Waals surface area contributed by atoms with Crippen LogP contribution in [0.1, 0.15) is 131 Å². The summed E-state index contributed by atoms with van der Waals surface area (Å²) in [5.74, 6) is 0. The van der Waals surface area contributed by atoms with Crippen LogP contribution >= 0.6 is 31.4 Å². The maximum atomic E-state index is 6.63. The minimum Gasteiger partial charge on any atom is -0.345 e. The molecule has 0 spiro atoms. The predicted molar refractivity (Wildman–Crippen MR) is 177 cm³/mol. The third kappa shape index (κ3) is 20.8. The van der Waals surface area contributed by atoms with Crippen LogP contribution in [0.25, 0.3) is 0 Å². The van der Waals surface area contributed by atoms with E-state index in [1.807, 2.05) is 31.4 Å². The molecule has 0 aromatic rings. The zero-order chi connectivity index (χ0) is 27.5. The number of hydrogen-bond donors (Lipinski definition) is 0. The van der Waals surface area contributed by atoms with Crippen LogP contribution in [-0.2, 0) is 18.9 Å². The van der Waals surface area contributed by atoms with Gasteiger partial charge in [0.05, 0.1) is 26.4 Å². The highest BCUT2D eigenvalue weighted by atomic mass is 33.5. The van der Waals surface area contributed by atoms with Crippen LogP contribution in [0.5, 0.6) is 0 Å². The van der Waals surface area contributed by atoms with E-state index in [4.69, 9.17) is 18.9 Å². The van der Waals surface area contributed by atoms with Gasteiger partial charge in [-0.05, 0) is 57.1 Å². The van der Waals surface area contributed by atoms with Gasteiger partial charge in [0, 0.05) is 0 Å². The van der Waals surface area contributed by atoms with Gasteiger partial charge >= 0.3 is 0 Å². The molecule has 0 rings (SSSR count). The lowest BCUT2D eigenvalue weighted by atomic mass is 10.3. The lowest BCUT2D eigenvalue weighted by Crippen LogP contribution is -2.40. The first-order chi connectivity index (χ1) is 18.1. The summed E-state index contributed by atoms with van der Waals surface area (Å²) in [5, 5.41) is 0. The van der Waals surface area contributed by atoms with E-state index in [-0.39, 0.29) is 0 Å². The van der Waals surface area contributed by atoms with Crippen LogP contribution in [-0.4, -0.2) is 55.0 Å². The summed E-state index contributed by atoms with van der Waals surface area (Å²) >= 11 is 0. The van der Waals surface area contributed by atoms with Crippen molar-refractivity contribution >= 4 is 50.5 Å². The molecule has 0 aliphatic carbocycles. The van der Waals surface area contributed by atoms with Gasteiger partial charge < -0.3 is 18.9 Å². The maximum Gasteiger partial charge on any atom is 0.200 e. The first-order valence-corrected chi connectivity index (χ1v) is 22.6. The zero-order valence-corrected chi connectivity index (χ0v) is 30.7. The molecule has 0 aliphatic heterocycles. The summed E-state index contributed by atoms with van der Waals surface area (Å²) < 4.78 is 25.6. The van der Waals surface area contributed by atoms with E-state index in [1.54, 1.807) is 0 Å². The lowest BCUT2D eigenvalue weighted by Gasteiger charge is -2.36. The van der Waals surface area contributed by atoms with Crippen molar-refractivity contribution in [2.24, 2.45) is 0 Å². The molecule has 224 valence electrons. The first-order valence-electron chi connectivity index (χ1n) is 15.7. The van der Waals surface area contributed by atoms with Crippen LogP contribution in [0.2, 0.25) is 12.1 Å². The van der Waals surface area contributed by atoms with Crippen molar-refractivity contribution in [2.75, 3.05) is 26.4 Å². The summed E-state index contributed by atoms with van der Waals surface area (Å²) in [6.07, 6.45) is 16.6. The van der Waals surface area contributed by atoms with E-state index in [1.165, 1.54) is 76.3 Å². The summed E-state index contributed by atoms with van der Waals surface area (Å²) in [6, 6.07) is 2.49. The third-order valence-corrected chi connectivity index (χ3v) is 18.1.